The van der Waals surface area contributed by atoms with Gasteiger partial charge in [0.15, 0.2) is 5.82 Å². The molecule has 0 radical (unpaired) electrons. The van der Waals surface area contributed by atoms with E-state index in [0.29, 0.717) is 6.04 Å². The van der Waals surface area contributed by atoms with Crippen LogP contribution < -0.4 is 0 Å². The average molecular weight is 310 g/mol. The van der Waals surface area contributed by atoms with Crippen LogP contribution in [0.1, 0.15) is 24.1 Å². The van der Waals surface area contributed by atoms with Gasteiger partial charge in [-0.3, -0.25) is 9.88 Å². The molecule has 3 aromatic rings. The van der Waals surface area contributed by atoms with Crippen molar-refractivity contribution in [3.8, 4) is 10.7 Å². The van der Waals surface area contributed by atoms with Gasteiger partial charge in [-0.1, -0.05) is 6.07 Å². The van der Waals surface area contributed by atoms with Gasteiger partial charge >= 0.3 is 0 Å². The number of hydrogen-bond acceptors (Lipinski definition) is 5. The molecule has 0 aromatic carbocycles. The quantitative estimate of drug-likeness (QED) is 0.719. The summed E-state index contributed by atoms with van der Waals surface area (Å²) >= 11 is 1.66. The SMILES string of the molecule is CC(c1ccncc1)N(C)Cc1cnc(-c2cccs2)nc1. The summed E-state index contributed by atoms with van der Waals surface area (Å²) < 4.78 is 0. The van der Waals surface area contributed by atoms with Crippen molar-refractivity contribution < 1.29 is 0 Å². The molecule has 0 saturated carbocycles. The van der Waals surface area contributed by atoms with Crippen LogP contribution in [-0.2, 0) is 6.54 Å². The molecular weight excluding hydrogens is 292 g/mol. The van der Waals surface area contributed by atoms with Gasteiger partial charge in [-0.05, 0) is 43.1 Å². The van der Waals surface area contributed by atoms with Crippen LogP contribution in [0.25, 0.3) is 10.7 Å². The molecule has 3 aromatic heterocycles. The van der Waals surface area contributed by atoms with E-state index in [1.807, 2.05) is 42.3 Å². The Morgan fingerprint density at radius 2 is 1.86 bits per heavy atom. The van der Waals surface area contributed by atoms with Gasteiger partial charge in [0.25, 0.3) is 0 Å². The van der Waals surface area contributed by atoms with E-state index >= 15 is 0 Å². The number of aromatic nitrogens is 3. The lowest BCUT2D eigenvalue weighted by molar-refractivity contribution is 0.252. The molecule has 4 nitrogen and oxygen atoms in total. The smallest absolute Gasteiger partial charge is 0.169 e. The summed E-state index contributed by atoms with van der Waals surface area (Å²) in [5, 5.41) is 2.04. The molecule has 0 aliphatic heterocycles. The van der Waals surface area contributed by atoms with E-state index in [2.05, 4.69) is 46.0 Å². The van der Waals surface area contributed by atoms with E-state index in [-0.39, 0.29) is 0 Å². The number of thiophene rings is 1. The van der Waals surface area contributed by atoms with E-state index in [0.717, 1.165) is 22.8 Å². The molecule has 0 spiro atoms. The Morgan fingerprint density at radius 3 is 2.50 bits per heavy atom. The highest BCUT2D eigenvalue weighted by Gasteiger charge is 2.12. The Morgan fingerprint density at radius 1 is 1.14 bits per heavy atom. The minimum atomic E-state index is 0.319. The molecule has 0 N–H and O–H groups in total. The zero-order chi connectivity index (χ0) is 15.4. The fraction of sp³-hybridized carbons (Fsp3) is 0.235. The predicted octanol–water partition coefficient (Wildman–Crippen LogP) is 3.79. The Bertz CT molecular complexity index is 695. The summed E-state index contributed by atoms with van der Waals surface area (Å²) in [7, 11) is 2.11. The summed E-state index contributed by atoms with van der Waals surface area (Å²) in [4.78, 5) is 16.4. The molecular formula is C17H18N4S. The normalized spacial score (nSPS) is 12.5. The van der Waals surface area contributed by atoms with Gasteiger partial charge in [0.2, 0.25) is 0 Å². The molecule has 22 heavy (non-hydrogen) atoms. The van der Waals surface area contributed by atoms with Gasteiger partial charge in [0.1, 0.15) is 0 Å². The lowest BCUT2D eigenvalue weighted by Crippen LogP contribution is -2.22. The van der Waals surface area contributed by atoms with Crippen LogP contribution in [0.2, 0.25) is 0 Å². The standard InChI is InChI=1S/C17H18N4S/c1-13(15-5-7-18-8-6-15)21(2)12-14-10-19-17(20-11-14)16-4-3-9-22-16/h3-11,13H,12H2,1-2H3. The molecule has 0 bridgehead atoms. The van der Waals surface area contributed by atoms with E-state index in [9.17, 15) is 0 Å². The van der Waals surface area contributed by atoms with Crippen LogP contribution in [0.4, 0.5) is 0 Å². The highest BCUT2D eigenvalue weighted by Crippen LogP contribution is 2.22. The maximum atomic E-state index is 4.47. The second-order valence-electron chi connectivity index (χ2n) is 5.26. The molecule has 0 amide bonds. The number of rotatable bonds is 5. The van der Waals surface area contributed by atoms with E-state index < -0.39 is 0 Å². The van der Waals surface area contributed by atoms with Gasteiger partial charge in [0, 0.05) is 42.9 Å². The fourth-order valence-electron chi connectivity index (χ4n) is 2.29. The molecule has 112 valence electrons. The van der Waals surface area contributed by atoms with Gasteiger partial charge in [-0.25, -0.2) is 9.97 Å². The van der Waals surface area contributed by atoms with Crippen molar-refractivity contribution >= 4 is 11.3 Å². The van der Waals surface area contributed by atoms with Crippen molar-refractivity contribution in [2.24, 2.45) is 0 Å². The van der Waals surface area contributed by atoms with Crippen molar-refractivity contribution in [3.63, 3.8) is 0 Å². The summed E-state index contributed by atoms with van der Waals surface area (Å²) in [6.07, 6.45) is 7.49. The Balaban J connectivity index is 1.68. The first-order chi connectivity index (χ1) is 10.7. The molecule has 1 unspecified atom stereocenters. The molecule has 0 aliphatic carbocycles. The Hall–Kier alpha value is -2.11. The van der Waals surface area contributed by atoms with Gasteiger partial charge in [-0.15, -0.1) is 11.3 Å². The number of hydrogen-bond donors (Lipinski definition) is 0. The van der Waals surface area contributed by atoms with Crippen molar-refractivity contribution in [1.29, 1.82) is 0 Å². The first-order valence-electron chi connectivity index (χ1n) is 7.19. The van der Waals surface area contributed by atoms with Crippen molar-refractivity contribution in [1.82, 2.24) is 19.9 Å². The summed E-state index contributed by atoms with van der Waals surface area (Å²) in [6.45, 7) is 3.00. The maximum absolute atomic E-state index is 4.47. The topological polar surface area (TPSA) is 41.9 Å². The largest absolute Gasteiger partial charge is 0.295 e. The lowest BCUT2D eigenvalue weighted by Gasteiger charge is -2.24. The third-order valence-corrected chi connectivity index (χ3v) is 4.59. The van der Waals surface area contributed by atoms with Crippen molar-refractivity contribution in [2.45, 2.75) is 19.5 Å². The highest BCUT2D eigenvalue weighted by atomic mass is 32.1. The molecule has 5 heteroatoms. The molecule has 0 saturated heterocycles. The number of pyridine rings is 1. The Kier molecular flexibility index (Phi) is 4.56. The monoisotopic (exact) mass is 310 g/mol. The fourth-order valence-corrected chi connectivity index (χ4v) is 2.96. The Labute approximate surface area is 134 Å². The second kappa shape index (κ2) is 6.77. The first kappa shape index (κ1) is 14.8. The van der Waals surface area contributed by atoms with E-state index in [4.69, 9.17) is 0 Å². The highest BCUT2D eigenvalue weighted by molar-refractivity contribution is 7.13. The molecule has 3 rings (SSSR count). The van der Waals surface area contributed by atoms with Crippen LogP contribution in [0.15, 0.2) is 54.4 Å². The lowest BCUT2D eigenvalue weighted by atomic mass is 10.1. The van der Waals surface area contributed by atoms with Crippen LogP contribution in [0.3, 0.4) is 0 Å². The van der Waals surface area contributed by atoms with Gasteiger partial charge in [0.05, 0.1) is 4.88 Å². The zero-order valence-electron chi connectivity index (χ0n) is 12.7. The summed E-state index contributed by atoms with van der Waals surface area (Å²) in [5.74, 6) is 0.795. The van der Waals surface area contributed by atoms with Crippen LogP contribution in [-0.4, -0.2) is 26.9 Å². The van der Waals surface area contributed by atoms with Gasteiger partial charge in [-0.2, -0.15) is 0 Å². The van der Waals surface area contributed by atoms with E-state index in [1.54, 1.807) is 11.3 Å². The molecule has 0 aliphatic rings. The zero-order valence-corrected chi connectivity index (χ0v) is 13.5. The second-order valence-corrected chi connectivity index (χ2v) is 6.21. The summed E-state index contributed by atoms with van der Waals surface area (Å²) in [6, 6.07) is 8.48. The predicted molar refractivity (Wildman–Crippen MR) is 89.5 cm³/mol. The van der Waals surface area contributed by atoms with Crippen LogP contribution in [0, 0.1) is 0 Å². The molecule has 1 atom stereocenters. The van der Waals surface area contributed by atoms with Crippen LogP contribution in [0.5, 0.6) is 0 Å². The maximum Gasteiger partial charge on any atom is 0.169 e. The average Bonchev–Trinajstić information content (AvgIpc) is 3.10. The van der Waals surface area contributed by atoms with Crippen molar-refractivity contribution in [3.05, 3.63) is 65.6 Å². The van der Waals surface area contributed by atoms with Gasteiger partial charge < -0.3 is 0 Å². The van der Waals surface area contributed by atoms with E-state index in [1.165, 1.54) is 5.56 Å². The minimum absolute atomic E-state index is 0.319. The third-order valence-electron chi connectivity index (χ3n) is 3.73. The third kappa shape index (κ3) is 3.37. The van der Waals surface area contributed by atoms with Crippen molar-refractivity contribution in [2.75, 3.05) is 7.05 Å². The minimum Gasteiger partial charge on any atom is -0.295 e. The number of nitrogens with zero attached hydrogens (tertiary/aromatic N) is 4. The summed E-state index contributed by atoms with van der Waals surface area (Å²) in [5.41, 5.74) is 2.37. The molecule has 3 heterocycles. The molecule has 0 fully saturated rings. The van der Waals surface area contributed by atoms with Crippen LogP contribution >= 0.6 is 11.3 Å². The first-order valence-corrected chi connectivity index (χ1v) is 8.07.